The molecule has 5 nitrogen and oxygen atoms in total. The number of hydrogen-bond acceptors (Lipinski definition) is 4. The number of pyridine rings is 1. The molecule has 3 heterocycles. The lowest BCUT2D eigenvalue weighted by molar-refractivity contribution is 0.0900. The van der Waals surface area contributed by atoms with Crippen molar-refractivity contribution >= 4 is 5.91 Å². The van der Waals surface area contributed by atoms with Crippen LogP contribution in [0, 0.1) is 6.92 Å². The number of piperidine rings is 1. The van der Waals surface area contributed by atoms with Gasteiger partial charge in [-0.3, -0.25) is 14.7 Å². The lowest BCUT2D eigenvalue weighted by Gasteiger charge is -2.34. The molecule has 2 aromatic rings. The van der Waals surface area contributed by atoms with Crippen molar-refractivity contribution in [3.63, 3.8) is 0 Å². The molecule has 0 aliphatic carbocycles. The van der Waals surface area contributed by atoms with Crippen molar-refractivity contribution in [2.75, 3.05) is 26.3 Å². The lowest BCUT2D eigenvalue weighted by atomic mass is 10.00. The molecule has 1 aromatic heterocycles. The third kappa shape index (κ3) is 4.04. The molecule has 0 saturated carbocycles. The third-order valence-corrected chi connectivity index (χ3v) is 5.68. The van der Waals surface area contributed by atoms with E-state index in [-0.39, 0.29) is 11.9 Å². The molecule has 2 saturated heterocycles. The van der Waals surface area contributed by atoms with Gasteiger partial charge in [-0.1, -0.05) is 18.6 Å². The Morgan fingerprint density at radius 1 is 1.19 bits per heavy atom. The van der Waals surface area contributed by atoms with Crippen LogP contribution >= 0.6 is 0 Å². The SMILES string of the molecule is Cc1cnccc1-c1cccc(C(=O)N[C@H]2COC[C@@H]2N2CCCCC2)c1. The van der Waals surface area contributed by atoms with Crippen LogP contribution in [-0.2, 0) is 4.74 Å². The quantitative estimate of drug-likeness (QED) is 0.905. The van der Waals surface area contributed by atoms with E-state index in [0.29, 0.717) is 24.8 Å². The maximum absolute atomic E-state index is 12.9. The Labute approximate surface area is 160 Å². The number of carbonyl (C=O) groups excluding carboxylic acids is 1. The van der Waals surface area contributed by atoms with Gasteiger partial charge in [-0.2, -0.15) is 0 Å². The van der Waals surface area contributed by atoms with E-state index in [0.717, 1.165) is 29.8 Å². The largest absolute Gasteiger partial charge is 0.378 e. The van der Waals surface area contributed by atoms with Crippen LogP contribution in [0.5, 0.6) is 0 Å². The zero-order chi connectivity index (χ0) is 18.6. The van der Waals surface area contributed by atoms with E-state index in [1.54, 1.807) is 6.20 Å². The second kappa shape index (κ2) is 8.19. The first kappa shape index (κ1) is 18.1. The minimum atomic E-state index is -0.0268. The predicted molar refractivity (Wildman–Crippen MR) is 106 cm³/mol. The van der Waals surface area contributed by atoms with Gasteiger partial charge in [0.05, 0.1) is 25.3 Å². The monoisotopic (exact) mass is 365 g/mol. The molecule has 2 aliphatic heterocycles. The summed E-state index contributed by atoms with van der Waals surface area (Å²) in [6, 6.07) is 10.2. The Morgan fingerprint density at radius 2 is 2.04 bits per heavy atom. The Morgan fingerprint density at radius 3 is 2.85 bits per heavy atom. The van der Waals surface area contributed by atoms with Crippen LogP contribution in [0.15, 0.2) is 42.7 Å². The van der Waals surface area contributed by atoms with Crippen LogP contribution in [0.3, 0.4) is 0 Å². The summed E-state index contributed by atoms with van der Waals surface area (Å²) in [5.74, 6) is -0.0268. The number of rotatable bonds is 4. The molecule has 2 fully saturated rings. The van der Waals surface area contributed by atoms with Gasteiger partial charge in [-0.15, -0.1) is 0 Å². The van der Waals surface area contributed by atoms with Crippen molar-refractivity contribution in [1.29, 1.82) is 0 Å². The second-order valence-corrected chi connectivity index (χ2v) is 7.55. The summed E-state index contributed by atoms with van der Waals surface area (Å²) in [7, 11) is 0. The van der Waals surface area contributed by atoms with Crippen molar-refractivity contribution in [1.82, 2.24) is 15.2 Å². The molecule has 4 rings (SSSR count). The highest BCUT2D eigenvalue weighted by Crippen LogP contribution is 2.24. The van der Waals surface area contributed by atoms with Crippen LogP contribution in [0.25, 0.3) is 11.1 Å². The first-order chi connectivity index (χ1) is 13.2. The normalized spacial score (nSPS) is 23.3. The minimum absolute atomic E-state index is 0.0268. The van der Waals surface area contributed by atoms with Crippen LogP contribution < -0.4 is 5.32 Å². The zero-order valence-electron chi connectivity index (χ0n) is 15.9. The molecule has 1 aromatic carbocycles. The number of hydrogen-bond donors (Lipinski definition) is 1. The topological polar surface area (TPSA) is 54.5 Å². The van der Waals surface area contributed by atoms with Gasteiger partial charge < -0.3 is 10.1 Å². The fourth-order valence-corrected chi connectivity index (χ4v) is 4.17. The van der Waals surface area contributed by atoms with Gasteiger partial charge in [-0.05, 0) is 67.7 Å². The molecule has 5 heteroatoms. The smallest absolute Gasteiger partial charge is 0.251 e. The summed E-state index contributed by atoms with van der Waals surface area (Å²) >= 11 is 0. The number of nitrogens with zero attached hydrogens (tertiary/aromatic N) is 2. The first-order valence-electron chi connectivity index (χ1n) is 9.86. The van der Waals surface area contributed by atoms with E-state index in [9.17, 15) is 4.79 Å². The number of carbonyl (C=O) groups is 1. The van der Waals surface area contributed by atoms with Gasteiger partial charge in [0.15, 0.2) is 0 Å². The molecule has 2 aliphatic rings. The summed E-state index contributed by atoms with van der Waals surface area (Å²) in [6.07, 6.45) is 7.42. The summed E-state index contributed by atoms with van der Waals surface area (Å²) in [5.41, 5.74) is 3.94. The highest BCUT2D eigenvalue weighted by atomic mass is 16.5. The maximum Gasteiger partial charge on any atom is 0.251 e. The molecule has 2 atom stereocenters. The summed E-state index contributed by atoms with van der Waals surface area (Å²) in [6.45, 7) is 5.56. The number of likely N-dealkylation sites (tertiary alicyclic amines) is 1. The molecular formula is C22H27N3O2. The van der Waals surface area contributed by atoms with Crippen LogP contribution in [-0.4, -0.2) is 54.2 Å². The Hall–Kier alpha value is -2.24. The molecule has 0 spiro atoms. The van der Waals surface area contributed by atoms with Gasteiger partial charge in [-0.25, -0.2) is 0 Å². The molecule has 142 valence electrons. The van der Waals surface area contributed by atoms with E-state index in [1.807, 2.05) is 43.5 Å². The van der Waals surface area contributed by atoms with Gasteiger partial charge in [0, 0.05) is 18.0 Å². The average molecular weight is 365 g/mol. The Bertz CT molecular complexity index is 802. The third-order valence-electron chi connectivity index (χ3n) is 5.68. The molecule has 0 radical (unpaired) electrons. The number of amides is 1. The van der Waals surface area contributed by atoms with Crippen molar-refractivity contribution in [2.24, 2.45) is 0 Å². The maximum atomic E-state index is 12.9. The van der Waals surface area contributed by atoms with Crippen molar-refractivity contribution in [3.05, 3.63) is 53.9 Å². The van der Waals surface area contributed by atoms with Crippen LogP contribution in [0.1, 0.15) is 35.2 Å². The van der Waals surface area contributed by atoms with E-state index in [4.69, 9.17) is 4.74 Å². The number of ether oxygens (including phenoxy) is 1. The highest BCUT2D eigenvalue weighted by molar-refractivity contribution is 5.95. The number of benzene rings is 1. The first-order valence-corrected chi connectivity index (χ1v) is 9.86. The van der Waals surface area contributed by atoms with Crippen LogP contribution in [0.4, 0.5) is 0 Å². The molecule has 0 bridgehead atoms. The van der Waals surface area contributed by atoms with E-state index in [2.05, 4.69) is 15.2 Å². The standard InChI is InChI=1S/C22H27N3O2/c1-16-13-23-9-8-19(16)17-6-5-7-18(12-17)22(26)24-20-14-27-15-21(20)25-10-3-2-4-11-25/h5-9,12-13,20-21H,2-4,10-11,14-15H2,1H3,(H,24,26)/t20-,21-/m0/s1. The number of nitrogens with one attached hydrogen (secondary N) is 1. The number of aromatic nitrogens is 1. The molecule has 27 heavy (non-hydrogen) atoms. The molecule has 1 N–H and O–H groups in total. The summed E-state index contributed by atoms with van der Waals surface area (Å²) < 4.78 is 5.71. The minimum Gasteiger partial charge on any atom is -0.378 e. The fourth-order valence-electron chi connectivity index (χ4n) is 4.17. The molecular weight excluding hydrogens is 338 g/mol. The van der Waals surface area contributed by atoms with Gasteiger partial charge >= 0.3 is 0 Å². The van der Waals surface area contributed by atoms with Crippen molar-refractivity contribution in [3.8, 4) is 11.1 Å². The Balaban J connectivity index is 1.48. The van der Waals surface area contributed by atoms with Crippen molar-refractivity contribution < 1.29 is 9.53 Å². The van der Waals surface area contributed by atoms with E-state index >= 15 is 0 Å². The lowest BCUT2D eigenvalue weighted by Crippen LogP contribution is -2.52. The number of aryl methyl sites for hydroxylation is 1. The molecule has 0 unspecified atom stereocenters. The zero-order valence-corrected chi connectivity index (χ0v) is 15.9. The van der Waals surface area contributed by atoms with Gasteiger partial charge in [0.25, 0.3) is 5.91 Å². The average Bonchev–Trinajstić information content (AvgIpc) is 3.17. The van der Waals surface area contributed by atoms with Crippen LogP contribution in [0.2, 0.25) is 0 Å². The highest BCUT2D eigenvalue weighted by Gasteiger charge is 2.34. The summed E-state index contributed by atoms with van der Waals surface area (Å²) in [5, 5.41) is 3.22. The van der Waals surface area contributed by atoms with E-state index < -0.39 is 0 Å². The van der Waals surface area contributed by atoms with E-state index in [1.165, 1.54) is 19.3 Å². The fraction of sp³-hybridized carbons (Fsp3) is 0.455. The predicted octanol–water partition coefficient (Wildman–Crippen LogP) is 3.04. The Kier molecular flexibility index (Phi) is 5.50. The van der Waals surface area contributed by atoms with Gasteiger partial charge in [0.1, 0.15) is 0 Å². The van der Waals surface area contributed by atoms with Gasteiger partial charge in [0.2, 0.25) is 0 Å². The molecule has 1 amide bonds. The summed E-state index contributed by atoms with van der Waals surface area (Å²) in [4.78, 5) is 19.5. The van der Waals surface area contributed by atoms with Crippen molar-refractivity contribution in [2.45, 2.75) is 38.3 Å². The second-order valence-electron chi connectivity index (χ2n) is 7.55.